The number of rotatable bonds is 1. The number of hydrogen-bond acceptors (Lipinski definition) is 1. The van der Waals surface area contributed by atoms with Crippen LogP contribution in [0.5, 0.6) is 0 Å². The second-order valence-corrected chi connectivity index (χ2v) is 1.08. The average Bonchev–Trinajstić information content (AvgIpc) is 1.81. The summed E-state index contributed by atoms with van der Waals surface area (Å²) in [5.41, 5.74) is 0. The molecule has 0 aliphatic carbocycles. The molecule has 42 valence electrons. The maximum atomic E-state index is 8.19. The van der Waals surface area contributed by atoms with Gasteiger partial charge >= 0.3 is 0 Å². The summed E-state index contributed by atoms with van der Waals surface area (Å²) in [6.07, 6.45) is 4.65. The Hall–Kier alpha value is -1.00. The fourth-order valence-corrected chi connectivity index (χ4v) is 0.219. The van der Waals surface area contributed by atoms with Crippen molar-refractivity contribution in [2.45, 2.75) is 0 Å². The van der Waals surface area contributed by atoms with Crippen molar-refractivity contribution < 1.29 is 5.11 Å². The lowest BCUT2D eigenvalue weighted by Gasteiger charge is -1.68. The Labute approximate surface area is 49.3 Å². The van der Waals surface area contributed by atoms with Crippen molar-refractivity contribution in [1.29, 1.82) is 0 Å². The third-order valence-corrected chi connectivity index (χ3v) is 0.492. The van der Waals surface area contributed by atoms with Crippen LogP contribution < -0.4 is 0 Å². The molecule has 0 bridgehead atoms. The van der Waals surface area contributed by atoms with Gasteiger partial charge in [0.15, 0.2) is 0 Å². The van der Waals surface area contributed by atoms with E-state index in [0.29, 0.717) is 0 Å². The van der Waals surface area contributed by atoms with Gasteiger partial charge in [-0.3, -0.25) is 0 Å². The molecule has 0 aliphatic heterocycles. The summed E-state index contributed by atoms with van der Waals surface area (Å²) in [5.74, 6) is 5.23. The molecule has 0 fully saturated rings. The standard InChI is InChI=1S/C7H8O/c1-2-3-4-5-6-7-8/h2,5-6,8H,1,7H2/b6-5+. The Morgan fingerprint density at radius 2 is 2.25 bits per heavy atom. The molecule has 0 saturated heterocycles. The molecule has 1 nitrogen and oxygen atoms in total. The van der Waals surface area contributed by atoms with Crippen LogP contribution in [0.3, 0.4) is 0 Å². The lowest BCUT2D eigenvalue weighted by Crippen LogP contribution is -1.67. The van der Waals surface area contributed by atoms with Crippen LogP contribution in [0, 0.1) is 11.8 Å². The highest BCUT2D eigenvalue weighted by Crippen LogP contribution is 1.65. The van der Waals surface area contributed by atoms with E-state index in [1.807, 2.05) is 0 Å². The van der Waals surface area contributed by atoms with E-state index in [0.717, 1.165) is 0 Å². The fraction of sp³-hybridized carbons (Fsp3) is 0.143. The number of hydrogen-bond donors (Lipinski definition) is 1. The minimum atomic E-state index is 0.0474. The van der Waals surface area contributed by atoms with Crippen molar-refractivity contribution in [3.05, 3.63) is 24.8 Å². The van der Waals surface area contributed by atoms with Crippen LogP contribution in [-0.4, -0.2) is 11.7 Å². The SMILES string of the molecule is C=CC#C/C=C/CO. The predicted molar refractivity (Wildman–Crippen MR) is 34.2 cm³/mol. The number of aliphatic hydroxyl groups excluding tert-OH is 1. The molecule has 0 amide bonds. The lowest BCUT2D eigenvalue weighted by atomic mass is 10.5. The maximum absolute atomic E-state index is 8.19. The normalized spacial score (nSPS) is 8.12. The Bertz CT molecular complexity index is 134. The van der Waals surface area contributed by atoms with Crippen LogP contribution in [0.4, 0.5) is 0 Å². The zero-order valence-corrected chi connectivity index (χ0v) is 4.59. The maximum Gasteiger partial charge on any atom is 0.0621 e. The van der Waals surface area contributed by atoms with Gasteiger partial charge in [-0.05, 0) is 12.2 Å². The lowest BCUT2D eigenvalue weighted by molar-refractivity contribution is 0.343. The molecule has 0 rings (SSSR count). The van der Waals surface area contributed by atoms with Gasteiger partial charge in [-0.2, -0.15) is 0 Å². The van der Waals surface area contributed by atoms with Gasteiger partial charge < -0.3 is 5.11 Å². The van der Waals surface area contributed by atoms with Gasteiger partial charge in [0.1, 0.15) is 0 Å². The predicted octanol–water partition coefficient (Wildman–Crippen LogP) is 0.724. The van der Waals surface area contributed by atoms with Crippen LogP contribution in [0.15, 0.2) is 24.8 Å². The smallest absolute Gasteiger partial charge is 0.0621 e. The number of allylic oxidation sites excluding steroid dienone is 2. The first-order valence-corrected chi connectivity index (χ1v) is 2.29. The van der Waals surface area contributed by atoms with E-state index in [9.17, 15) is 0 Å². The highest BCUT2D eigenvalue weighted by Gasteiger charge is 1.58. The van der Waals surface area contributed by atoms with E-state index in [1.165, 1.54) is 6.08 Å². The molecule has 0 aliphatic rings. The highest BCUT2D eigenvalue weighted by molar-refractivity contribution is 5.21. The topological polar surface area (TPSA) is 20.2 Å². The molecular weight excluding hydrogens is 100 g/mol. The third-order valence-electron chi connectivity index (χ3n) is 0.492. The van der Waals surface area contributed by atoms with E-state index in [4.69, 9.17) is 5.11 Å². The van der Waals surface area contributed by atoms with E-state index >= 15 is 0 Å². The third kappa shape index (κ3) is 5.00. The zero-order chi connectivity index (χ0) is 6.24. The van der Waals surface area contributed by atoms with Crippen molar-refractivity contribution >= 4 is 0 Å². The van der Waals surface area contributed by atoms with Gasteiger partial charge in [-0.1, -0.05) is 24.5 Å². The summed E-state index contributed by atoms with van der Waals surface area (Å²) in [6, 6.07) is 0. The first-order valence-electron chi connectivity index (χ1n) is 2.29. The van der Waals surface area contributed by atoms with Crippen molar-refractivity contribution in [3.8, 4) is 11.8 Å². The quantitative estimate of drug-likeness (QED) is 0.491. The minimum absolute atomic E-state index is 0.0474. The van der Waals surface area contributed by atoms with Crippen LogP contribution in [0.1, 0.15) is 0 Å². The Morgan fingerprint density at radius 1 is 1.50 bits per heavy atom. The average molecular weight is 108 g/mol. The summed E-state index contributed by atoms with van der Waals surface area (Å²) in [4.78, 5) is 0. The Kier molecular flexibility index (Phi) is 5.25. The largest absolute Gasteiger partial charge is 0.392 e. The first kappa shape index (κ1) is 7.00. The zero-order valence-electron chi connectivity index (χ0n) is 4.59. The molecule has 0 radical (unpaired) electrons. The van der Waals surface area contributed by atoms with Gasteiger partial charge in [0.2, 0.25) is 0 Å². The fourth-order valence-electron chi connectivity index (χ4n) is 0.219. The molecule has 0 spiro atoms. The molecule has 0 aromatic rings. The molecule has 0 heterocycles. The van der Waals surface area contributed by atoms with Crippen LogP contribution in [0.2, 0.25) is 0 Å². The van der Waals surface area contributed by atoms with E-state index in [1.54, 1.807) is 12.2 Å². The van der Waals surface area contributed by atoms with Gasteiger partial charge in [-0.25, -0.2) is 0 Å². The van der Waals surface area contributed by atoms with Crippen molar-refractivity contribution in [3.63, 3.8) is 0 Å². The molecule has 0 saturated carbocycles. The molecular formula is C7H8O. The second kappa shape index (κ2) is 6.00. The number of aliphatic hydroxyl groups is 1. The minimum Gasteiger partial charge on any atom is -0.392 e. The molecule has 8 heavy (non-hydrogen) atoms. The van der Waals surface area contributed by atoms with Crippen LogP contribution >= 0.6 is 0 Å². The van der Waals surface area contributed by atoms with Crippen molar-refractivity contribution in [2.24, 2.45) is 0 Å². The summed E-state index contributed by atoms with van der Waals surface area (Å²) in [7, 11) is 0. The molecule has 1 heteroatoms. The molecule has 0 unspecified atom stereocenters. The van der Waals surface area contributed by atoms with Gasteiger partial charge in [0.25, 0.3) is 0 Å². The summed E-state index contributed by atoms with van der Waals surface area (Å²) in [6.45, 7) is 3.44. The van der Waals surface area contributed by atoms with Crippen molar-refractivity contribution in [1.82, 2.24) is 0 Å². The van der Waals surface area contributed by atoms with Gasteiger partial charge in [0.05, 0.1) is 6.61 Å². The summed E-state index contributed by atoms with van der Waals surface area (Å²) >= 11 is 0. The van der Waals surface area contributed by atoms with Gasteiger partial charge in [-0.15, -0.1) is 0 Å². The molecule has 0 aromatic carbocycles. The molecule has 0 atom stereocenters. The van der Waals surface area contributed by atoms with E-state index in [-0.39, 0.29) is 6.61 Å². The molecule has 0 aromatic heterocycles. The van der Waals surface area contributed by atoms with Crippen LogP contribution in [0.25, 0.3) is 0 Å². The van der Waals surface area contributed by atoms with E-state index < -0.39 is 0 Å². The van der Waals surface area contributed by atoms with E-state index in [2.05, 4.69) is 18.4 Å². The Morgan fingerprint density at radius 3 is 2.75 bits per heavy atom. The van der Waals surface area contributed by atoms with Crippen molar-refractivity contribution in [2.75, 3.05) is 6.61 Å². The summed E-state index contributed by atoms with van der Waals surface area (Å²) in [5, 5.41) is 8.19. The van der Waals surface area contributed by atoms with Gasteiger partial charge in [0, 0.05) is 0 Å². The monoisotopic (exact) mass is 108 g/mol. The Balaban J connectivity index is 3.40. The highest BCUT2D eigenvalue weighted by atomic mass is 16.2. The second-order valence-electron chi connectivity index (χ2n) is 1.08. The van der Waals surface area contributed by atoms with Crippen LogP contribution in [-0.2, 0) is 0 Å². The summed E-state index contributed by atoms with van der Waals surface area (Å²) < 4.78 is 0. The molecule has 1 N–H and O–H groups in total. The first-order chi connectivity index (χ1) is 3.91.